The third kappa shape index (κ3) is 4.19. The van der Waals surface area contributed by atoms with Gasteiger partial charge in [0.2, 0.25) is 12.1 Å². The number of aliphatic hydroxyl groups is 2. The maximum absolute atomic E-state index is 10.6. The molecule has 27 heavy (non-hydrogen) atoms. The van der Waals surface area contributed by atoms with E-state index in [1.807, 2.05) is 32.1 Å². The van der Waals surface area contributed by atoms with Crippen molar-refractivity contribution in [1.29, 1.82) is 0 Å². The Morgan fingerprint density at radius 3 is 2.70 bits per heavy atom. The average molecular weight is 422 g/mol. The Labute approximate surface area is 169 Å². The van der Waals surface area contributed by atoms with Crippen LogP contribution in [0.25, 0.3) is 17.8 Å². The van der Waals surface area contributed by atoms with Gasteiger partial charge in [0.05, 0.1) is 16.3 Å². The fourth-order valence-corrected chi connectivity index (χ4v) is 3.95. The van der Waals surface area contributed by atoms with Crippen LogP contribution in [0.5, 0.6) is 5.88 Å². The standard InChI is InChI=1S/C18H16ClN3O3S2/c1-9(2)5-10-3-4-12(8-13(10)19)22-17(25)15(27-18(22)26)7-11-6-14(23)16(24)21-20-11/h3-8,16,23-25H,1-2H3/b11-7-. The molecule has 1 unspecified atom stereocenters. The number of rotatable bonds is 3. The summed E-state index contributed by atoms with van der Waals surface area (Å²) in [7, 11) is 0. The van der Waals surface area contributed by atoms with Crippen molar-refractivity contribution in [2.75, 3.05) is 0 Å². The van der Waals surface area contributed by atoms with E-state index in [1.54, 1.807) is 6.07 Å². The number of hydrogen-bond acceptors (Lipinski definition) is 7. The summed E-state index contributed by atoms with van der Waals surface area (Å²) < 4.78 is 1.93. The number of nitrogens with zero attached hydrogens (tertiary/aromatic N) is 3. The van der Waals surface area contributed by atoms with Crippen molar-refractivity contribution in [2.45, 2.75) is 20.1 Å². The molecule has 9 heteroatoms. The Morgan fingerprint density at radius 1 is 1.33 bits per heavy atom. The first kappa shape index (κ1) is 19.5. The minimum atomic E-state index is -1.36. The van der Waals surface area contributed by atoms with Gasteiger partial charge in [-0.15, -0.1) is 16.5 Å². The van der Waals surface area contributed by atoms with Crippen molar-refractivity contribution in [3.05, 3.63) is 60.7 Å². The molecule has 0 bridgehead atoms. The van der Waals surface area contributed by atoms with Crippen LogP contribution in [0, 0.1) is 3.95 Å². The van der Waals surface area contributed by atoms with Crippen molar-refractivity contribution in [3.63, 3.8) is 0 Å². The van der Waals surface area contributed by atoms with E-state index in [1.165, 1.54) is 28.1 Å². The Bertz CT molecular complexity index is 1080. The van der Waals surface area contributed by atoms with E-state index in [0.717, 1.165) is 11.1 Å². The second-order valence-corrected chi connectivity index (χ2v) is 8.13. The lowest BCUT2D eigenvalue weighted by Crippen LogP contribution is -2.08. The highest BCUT2D eigenvalue weighted by Crippen LogP contribution is 2.34. The number of allylic oxidation sites excluding steroid dienone is 2. The predicted octanol–water partition coefficient (Wildman–Crippen LogP) is 5.62. The highest BCUT2D eigenvalue weighted by Gasteiger charge is 2.17. The van der Waals surface area contributed by atoms with Crippen molar-refractivity contribution in [1.82, 2.24) is 4.57 Å². The molecule has 1 aliphatic heterocycles. The van der Waals surface area contributed by atoms with Gasteiger partial charge < -0.3 is 15.3 Å². The van der Waals surface area contributed by atoms with E-state index in [9.17, 15) is 15.3 Å². The van der Waals surface area contributed by atoms with Gasteiger partial charge in [-0.25, -0.2) is 0 Å². The second-order valence-electron chi connectivity index (χ2n) is 6.05. The zero-order valence-electron chi connectivity index (χ0n) is 14.4. The topological polar surface area (TPSA) is 90.3 Å². The molecule has 3 N–H and O–H groups in total. The van der Waals surface area contributed by atoms with Crippen molar-refractivity contribution < 1.29 is 15.3 Å². The molecule has 1 atom stereocenters. The smallest absolute Gasteiger partial charge is 0.224 e. The minimum Gasteiger partial charge on any atom is -0.507 e. The minimum absolute atomic E-state index is 0.0715. The van der Waals surface area contributed by atoms with Gasteiger partial charge in [0.25, 0.3) is 0 Å². The SMILES string of the molecule is CC(C)=Cc1ccc(-n2c(O)c(/C=C3/C=C(O)C(O)N=N3)sc2=S)cc1Cl. The third-order valence-electron chi connectivity index (χ3n) is 3.62. The molecule has 0 saturated carbocycles. The molecule has 6 nitrogen and oxygen atoms in total. The van der Waals surface area contributed by atoms with E-state index in [0.29, 0.717) is 19.5 Å². The summed E-state index contributed by atoms with van der Waals surface area (Å²) in [5.41, 5.74) is 2.92. The van der Waals surface area contributed by atoms with Crippen LogP contribution >= 0.6 is 35.2 Å². The molecule has 140 valence electrons. The van der Waals surface area contributed by atoms with Crippen LogP contribution in [0.1, 0.15) is 24.3 Å². The first-order valence-corrected chi connectivity index (χ1v) is 9.47. The highest BCUT2D eigenvalue weighted by molar-refractivity contribution is 7.73. The van der Waals surface area contributed by atoms with Crippen LogP contribution in [0.4, 0.5) is 0 Å². The molecule has 1 aliphatic rings. The van der Waals surface area contributed by atoms with Gasteiger partial charge in [0.1, 0.15) is 5.76 Å². The van der Waals surface area contributed by atoms with Gasteiger partial charge in [-0.2, -0.15) is 5.11 Å². The molecule has 1 aromatic heterocycles. The number of aliphatic hydroxyl groups excluding tert-OH is 2. The molecule has 1 aromatic carbocycles. The van der Waals surface area contributed by atoms with Crippen LogP contribution in [-0.2, 0) is 0 Å². The first-order chi connectivity index (χ1) is 12.8. The highest BCUT2D eigenvalue weighted by atomic mass is 35.5. The van der Waals surface area contributed by atoms with Crippen LogP contribution in [0.2, 0.25) is 5.02 Å². The van der Waals surface area contributed by atoms with Crippen LogP contribution in [-0.4, -0.2) is 26.1 Å². The van der Waals surface area contributed by atoms with E-state index >= 15 is 0 Å². The second kappa shape index (κ2) is 7.77. The summed E-state index contributed by atoms with van der Waals surface area (Å²) in [5.74, 6) is -0.391. The molecule has 2 aromatic rings. The summed E-state index contributed by atoms with van der Waals surface area (Å²) in [6, 6.07) is 5.42. The lowest BCUT2D eigenvalue weighted by molar-refractivity contribution is 0.151. The van der Waals surface area contributed by atoms with Crippen LogP contribution < -0.4 is 0 Å². The number of aromatic hydroxyl groups is 1. The fourth-order valence-electron chi connectivity index (χ4n) is 2.43. The van der Waals surface area contributed by atoms with Gasteiger partial charge in [0, 0.05) is 11.1 Å². The van der Waals surface area contributed by atoms with Crippen LogP contribution in [0.3, 0.4) is 0 Å². The van der Waals surface area contributed by atoms with E-state index in [-0.39, 0.29) is 17.3 Å². The Hall–Kier alpha value is -2.26. The maximum atomic E-state index is 10.6. The molecule has 0 aliphatic carbocycles. The number of hydrogen-bond donors (Lipinski definition) is 3. The molecule has 0 saturated heterocycles. The monoisotopic (exact) mass is 421 g/mol. The predicted molar refractivity (Wildman–Crippen MR) is 110 cm³/mol. The zero-order valence-corrected chi connectivity index (χ0v) is 16.8. The Kier molecular flexibility index (Phi) is 5.61. The van der Waals surface area contributed by atoms with E-state index in [4.69, 9.17) is 23.8 Å². The van der Waals surface area contributed by atoms with Gasteiger partial charge >= 0.3 is 0 Å². The molecular formula is C18H16ClN3O3S2. The molecular weight excluding hydrogens is 406 g/mol. The molecule has 2 heterocycles. The summed E-state index contributed by atoms with van der Waals surface area (Å²) in [4.78, 5) is 0.443. The molecule has 0 spiro atoms. The van der Waals surface area contributed by atoms with Gasteiger partial charge in [-0.05, 0) is 49.8 Å². The van der Waals surface area contributed by atoms with Crippen molar-refractivity contribution in [3.8, 4) is 11.6 Å². The summed E-state index contributed by atoms with van der Waals surface area (Å²) in [5, 5.41) is 37.4. The largest absolute Gasteiger partial charge is 0.507 e. The normalized spacial score (nSPS) is 17.9. The fraction of sp³-hybridized carbons (Fsp3) is 0.167. The van der Waals surface area contributed by atoms with Gasteiger partial charge in [0.15, 0.2) is 3.95 Å². The van der Waals surface area contributed by atoms with Crippen molar-refractivity contribution in [2.24, 2.45) is 10.2 Å². The van der Waals surface area contributed by atoms with Gasteiger partial charge in [-0.3, -0.25) is 4.57 Å². The Balaban J connectivity index is 2.03. The van der Waals surface area contributed by atoms with Gasteiger partial charge in [-0.1, -0.05) is 29.3 Å². The van der Waals surface area contributed by atoms with E-state index < -0.39 is 6.23 Å². The molecule has 3 rings (SSSR count). The third-order valence-corrected chi connectivity index (χ3v) is 5.26. The summed E-state index contributed by atoms with van der Waals surface area (Å²) in [6.07, 6.45) is 3.41. The number of thiazole rings is 1. The number of aromatic nitrogens is 1. The van der Waals surface area contributed by atoms with Crippen LogP contribution in [0.15, 0.2) is 51.5 Å². The molecule has 0 amide bonds. The first-order valence-electron chi connectivity index (χ1n) is 7.87. The zero-order chi connectivity index (χ0) is 19.7. The molecule has 0 fully saturated rings. The number of azo groups is 1. The summed E-state index contributed by atoms with van der Waals surface area (Å²) >= 11 is 12.9. The average Bonchev–Trinajstić information content (AvgIpc) is 2.86. The number of benzene rings is 1. The van der Waals surface area contributed by atoms with Crippen molar-refractivity contribution >= 4 is 47.3 Å². The molecule has 0 radical (unpaired) electrons. The maximum Gasteiger partial charge on any atom is 0.224 e. The summed E-state index contributed by atoms with van der Waals surface area (Å²) in [6.45, 7) is 3.97. The Morgan fingerprint density at radius 2 is 2.07 bits per heavy atom. The lowest BCUT2D eigenvalue weighted by Gasteiger charge is -2.09. The van der Waals surface area contributed by atoms with E-state index in [2.05, 4.69) is 10.2 Å². The lowest BCUT2D eigenvalue weighted by atomic mass is 10.1. The number of halogens is 1. The quantitative estimate of drug-likeness (QED) is 0.561.